The molecule has 1 saturated heterocycles. The number of hydrogen-bond acceptors (Lipinski definition) is 6. The molecule has 0 aliphatic carbocycles. The summed E-state index contributed by atoms with van der Waals surface area (Å²) in [6.45, 7) is 1.89. The third-order valence-corrected chi connectivity index (χ3v) is 4.71. The summed E-state index contributed by atoms with van der Waals surface area (Å²) in [4.78, 5) is 14.6. The lowest BCUT2D eigenvalue weighted by molar-refractivity contribution is -0.119. The average molecular weight is 404 g/mol. The van der Waals surface area contributed by atoms with Crippen molar-refractivity contribution in [3.05, 3.63) is 47.8 Å². The van der Waals surface area contributed by atoms with E-state index in [2.05, 4.69) is 5.32 Å². The first kappa shape index (κ1) is 20.9. The summed E-state index contributed by atoms with van der Waals surface area (Å²) in [6, 6.07) is 9.60. The zero-order chi connectivity index (χ0) is 20.8. The summed E-state index contributed by atoms with van der Waals surface area (Å²) in [7, 11) is 4.56. The predicted molar refractivity (Wildman–Crippen MR) is 106 cm³/mol. The monoisotopic (exact) mass is 404 g/mol. The van der Waals surface area contributed by atoms with Gasteiger partial charge in [-0.3, -0.25) is 9.69 Å². The summed E-state index contributed by atoms with van der Waals surface area (Å²) in [5.74, 6) is 0.934. The fourth-order valence-electron chi connectivity index (χ4n) is 3.28. The molecule has 7 nitrogen and oxygen atoms in total. The molecule has 0 aromatic heterocycles. The van der Waals surface area contributed by atoms with Gasteiger partial charge in [-0.15, -0.1) is 0 Å². The van der Waals surface area contributed by atoms with Crippen molar-refractivity contribution in [1.82, 2.24) is 4.90 Å². The van der Waals surface area contributed by atoms with Crippen LogP contribution < -0.4 is 19.5 Å². The lowest BCUT2D eigenvalue weighted by Gasteiger charge is -2.32. The van der Waals surface area contributed by atoms with E-state index in [1.165, 1.54) is 33.5 Å². The molecule has 1 aliphatic heterocycles. The number of nitrogens with zero attached hydrogens (tertiary/aromatic N) is 1. The van der Waals surface area contributed by atoms with E-state index in [-0.39, 0.29) is 24.4 Å². The topological polar surface area (TPSA) is 69.3 Å². The minimum atomic E-state index is -0.286. The smallest absolute Gasteiger partial charge is 0.238 e. The highest BCUT2D eigenvalue weighted by Crippen LogP contribution is 2.39. The van der Waals surface area contributed by atoms with Gasteiger partial charge in [0.05, 0.1) is 40.6 Å². The van der Waals surface area contributed by atoms with Gasteiger partial charge in [-0.2, -0.15) is 0 Å². The highest BCUT2D eigenvalue weighted by Gasteiger charge is 2.24. The van der Waals surface area contributed by atoms with Gasteiger partial charge in [0.25, 0.3) is 0 Å². The van der Waals surface area contributed by atoms with E-state index in [0.29, 0.717) is 42.6 Å². The number of carbonyl (C=O) groups excluding carboxylic acids is 1. The standard InChI is InChI=1S/C21H25FN2O5/c1-26-17-10-16(11-18(27-2)21(17)28-3)23-20(25)13-24-8-9-29-19(12-24)14-4-6-15(22)7-5-14/h4-7,10-11,19H,8-9,12-13H2,1-3H3,(H,23,25)/t19-/m0/s1. The van der Waals surface area contributed by atoms with Crippen LogP contribution in [0.4, 0.5) is 10.1 Å². The first-order valence-electron chi connectivity index (χ1n) is 9.23. The molecule has 156 valence electrons. The van der Waals surface area contributed by atoms with E-state index in [1.54, 1.807) is 24.3 Å². The van der Waals surface area contributed by atoms with Crippen LogP contribution in [0.25, 0.3) is 0 Å². The second kappa shape index (κ2) is 9.58. The molecule has 1 fully saturated rings. The fraction of sp³-hybridized carbons (Fsp3) is 0.381. The van der Waals surface area contributed by atoms with Crippen LogP contribution in [0.2, 0.25) is 0 Å². The number of anilines is 1. The molecular formula is C21H25FN2O5. The fourth-order valence-corrected chi connectivity index (χ4v) is 3.28. The van der Waals surface area contributed by atoms with Crippen LogP contribution in [-0.2, 0) is 9.53 Å². The van der Waals surface area contributed by atoms with Gasteiger partial charge in [-0.1, -0.05) is 12.1 Å². The second-order valence-corrected chi connectivity index (χ2v) is 6.61. The van der Waals surface area contributed by atoms with Crippen LogP contribution in [0, 0.1) is 5.82 Å². The number of amides is 1. The molecule has 0 radical (unpaired) electrons. The minimum Gasteiger partial charge on any atom is -0.493 e. The maximum Gasteiger partial charge on any atom is 0.238 e. The molecule has 1 N–H and O–H groups in total. The van der Waals surface area contributed by atoms with Crippen molar-refractivity contribution in [1.29, 1.82) is 0 Å². The van der Waals surface area contributed by atoms with Crippen molar-refractivity contribution < 1.29 is 28.1 Å². The highest BCUT2D eigenvalue weighted by molar-refractivity contribution is 5.93. The van der Waals surface area contributed by atoms with Gasteiger partial charge in [0.1, 0.15) is 5.82 Å². The van der Waals surface area contributed by atoms with Gasteiger partial charge in [0, 0.05) is 30.9 Å². The Balaban J connectivity index is 1.63. The number of carbonyl (C=O) groups is 1. The Hall–Kier alpha value is -2.84. The molecule has 1 atom stereocenters. The summed E-state index contributed by atoms with van der Waals surface area (Å²) in [5, 5.41) is 2.87. The lowest BCUT2D eigenvalue weighted by atomic mass is 10.1. The van der Waals surface area contributed by atoms with Crippen molar-refractivity contribution in [2.45, 2.75) is 6.10 Å². The zero-order valence-corrected chi connectivity index (χ0v) is 16.7. The van der Waals surface area contributed by atoms with E-state index in [0.717, 1.165) is 5.56 Å². The average Bonchev–Trinajstić information content (AvgIpc) is 2.73. The predicted octanol–water partition coefficient (Wildman–Crippen LogP) is 2.86. The van der Waals surface area contributed by atoms with Gasteiger partial charge in [0.15, 0.2) is 11.5 Å². The molecular weight excluding hydrogens is 379 g/mol. The largest absolute Gasteiger partial charge is 0.493 e. The third-order valence-electron chi connectivity index (χ3n) is 4.71. The van der Waals surface area contributed by atoms with Gasteiger partial charge in [-0.25, -0.2) is 4.39 Å². The normalized spacial score (nSPS) is 16.9. The summed E-state index contributed by atoms with van der Waals surface area (Å²) < 4.78 is 34.8. The Morgan fingerprint density at radius 1 is 1.14 bits per heavy atom. The molecule has 29 heavy (non-hydrogen) atoms. The maximum absolute atomic E-state index is 13.1. The number of hydrogen-bond donors (Lipinski definition) is 1. The molecule has 3 rings (SSSR count). The van der Waals surface area contributed by atoms with Crippen molar-refractivity contribution in [2.24, 2.45) is 0 Å². The van der Waals surface area contributed by atoms with Crippen LogP contribution in [0.5, 0.6) is 17.2 Å². The van der Waals surface area contributed by atoms with Gasteiger partial charge in [0.2, 0.25) is 11.7 Å². The molecule has 0 bridgehead atoms. The van der Waals surface area contributed by atoms with Gasteiger partial charge >= 0.3 is 0 Å². The summed E-state index contributed by atoms with van der Waals surface area (Å²) >= 11 is 0. The second-order valence-electron chi connectivity index (χ2n) is 6.61. The van der Waals surface area contributed by atoms with E-state index in [9.17, 15) is 9.18 Å². The molecule has 1 aliphatic rings. The Morgan fingerprint density at radius 2 is 1.79 bits per heavy atom. The third kappa shape index (κ3) is 5.16. The molecule has 2 aromatic carbocycles. The van der Waals surface area contributed by atoms with E-state index in [1.807, 2.05) is 4.90 Å². The molecule has 0 saturated carbocycles. The highest BCUT2D eigenvalue weighted by atomic mass is 19.1. The lowest BCUT2D eigenvalue weighted by Crippen LogP contribution is -2.42. The van der Waals surface area contributed by atoms with Crippen molar-refractivity contribution in [2.75, 3.05) is 52.9 Å². The number of ether oxygens (including phenoxy) is 4. The van der Waals surface area contributed by atoms with Gasteiger partial charge < -0.3 is 24.3 Å². The van der Waals surface area contributed by atoms with Crippen LogP contribution in [0.15, 0.2) is 36.4 Å². The SMILES string of the molecule is COc1cc(NC(=O)CN2CCO[C@H](c3ccc(F)cc3)C2)cc(OC)c1OC. The number of nitrogens with one attached hydrogen (secondary N) is 1. The number of rotatable bonds is 7. The van der Waals surface area contributed by atoms with Crippen LogP contribution in [0.1, 0.15) is 11.7 Å². The van der Waals surface area contributed by atoms with Crippen LogP contribution in [0.3, 0.4) is 0 Å². The zero-order valence-electron chi connectivity index (χ0n) is 16.7. The van der Waals surface area contributed by atoms with E-state index < -0.39 is 0 Å². The van der Waals surface area contributed by atoms with Crippen LogP contribution >= 0.6 is 0 Å². The Kier molecular flexibility index (Phi) is 6.90. The molecule has 8 heteroatoms. The number of morpholine rings is 1. The minimum absolute atomic E-state index is 0.168. The first-order valence-corrected chi connectivity index (χ1v) is 9.23. The Labute approximate surface area is 169 Å². The summed E-state index contributed by atoms with van der Waals surface area (Å²) in [6.07, 6.45) is -0.196. The van der Waals surface area contributed by atoms with Crippen molar-refractivity contribution in [3.63, 3.8) is 0 Å². The molecule has 2 aromatic rings. The van der Waals surface area contributed by atoms with Crippen molar-refractivity contribution in [3.8, 4) is 17.2 Å². The molecule has 0 spiro atoms. The number of benzene rings is 2. The van der Waals surface area contributed by atoms with Crippen LogP contribution in [-0.4, -0.2) is 58.4 Å². The number of methoxy groups -OCH3 is 3. The van der Waals surface area contributed by atoms with Gasteiger partial charge in [-0.05, 0) is 17.7 Å². The molecule has 1 heterocycles. The number of halogens is 1. The first-order chi connectivity index (χ1) is 14.0. The Morgan fingerprint density at radius 3 is 2.38 bits per heavy atom. The summed E-state index contributed by atoms with van der Waals surface area (Å²) in [5.41, 5.74) is 1.44. The maximum atomic E-state index is 13.1. The molecule has 1 amide bonds. The van der Waals surface area contributed by atoms with E-state index in [4.69, 9.17) is 18.9 Å². The van der Waals surface area contributed by atoms with Crippen molar-refractivity contribution >= 4 is 11.6 Å². The van der Waals surface area contributed by atoms with E-state index >= 15 is 0 Å². The Bertz CT molecular complexity index is 818. The quantitative estimate of drug-likeness (QED) is 0.765. The molecule has 0 unspecified atom stereocenters.